The van der Waals surface area contributed by atoms with Crippen LogP contribution < -0.4 is 0 Å². The van der Waals surface area contributed by atoms with Gasteiger partial charge in [0.05, 0.1) is 11.8 Å². The van der Waals surface area contributed by atoms with Gasteiger partial charge in [0, 0.05) is 17.8 Å². The van der Waals surface area contributed by atoms with Crippen molar-refractivity contribution in [3.8, 4) is 0 Å². The van der Waals surface area contributed by atoms with Crippen LogP contribution in [0.4, 0.5) is 13.2 Å². The Morgan fingerprint density at radius 2 is 2.04 bits per heavy atom. The predicted octanol–water partition coefficient (Wildman–Crippen LogP) is 4.50. The number of hydrogen-bond donors (Lipinski definition) is 0. The van der Waals surface area contributed by atoms with Crippen LogP contribution in [0.15, 0.2) is 34.4 Å². The quantitative estimate of drug-likeness (QED) is 0.225. The van der Waals surface area contributed by atoms with E-state index in [0.29, 0.717) is 10.8 Å². The summed E-state index contributed by atoms with van der Waals surface area (Å²) in [5.74, 6) is -0.957. The number of thioether (sulfide) groups is 1. The second kappa shape index (κ2) is 8.79. The smallest absolute Gasteiger partial charge is 0.317 e. The Labute approximate surface area is 161 Å². The lowest BCUT2D eigenvalue weighted by atomic mass is 10.2. The minimum absolute atomic E-state index is 0.220. The second-order valence-electron chi connectivity index (χ2n) is 4.94. The number of nitrogens with zero attached hydrogens (tertiary/aromatic N) is 3. The SMILES string of the molecule is Cn1nc(C(F)(F)F)c(/C=N/OC(=O)CCl)c1SCc1ccc(Cl)cc1. The second-order valence-corrected chi connectivity index (χ2v) is 6.60. The van der Waals surface area contributed by atoms with Crippen molar-refractivity contribution in [3.05, 3.63) is 46.1 Å². The van der Waals surface area contributed by atoms with Crippen molar-refractivity contribution in [2.24, 2.45) is 12.2 Å². The predicted molar refractivity (Wildman–Crippen MR) is 93.6 cm³/mol. The van der Waals surface area contributed by atoms with Gasteiger partial charge in [-0.1, -0.05) is 28.9 Å². The third kappa shape index (κ3) is 5.39. The zero-order chi connectivity index (χ0) is 19.3. The molecule has 0 fully saturated rings. The van der Waals surface area contributed by atoms with Crippen LogP contribution in [-0.2, 0) is 28.6 Å². The molecule has 0 spiro atoms. The summed E-state index contributed by atoms with van der Waals surface area (Å²) >= 11 is 12.2. The molecule has 0 saturated carbocycles. The van der Waals surface area contributed by atoms with E-state index in [2.05, 4.69) is 15.1 Å². The van der Waals surface area contributed by atoms with Crippen molar-refractivity contribution in [2.45, 2.75) is 17.0 Å². The molecule has 1 aromatic carbocycles. The van der Waals surface area contributed by atoms with Crippen molar-refractivity contribution in [1.82, 2.24) is 9.78 Å². The van der Waals surface area contributed by atoms with Crippen molar-refractivity contribution in [1.29, 1.82) is 0 Å². The molecule has 0 aliphatic heterocycles. The summed E-state index contributed by atoms with van der Waals surface area (Å²) in [6, 6.07) is 6.92. The van der Waals surface area contributed by atoms with Gasteiger partial charge in [-0.05, 0) is 17.7 Å². The van der Waals surface area contributed by atoms with E-state index in [1.807, 2.05) is 0 Å². The van der Waals surface area contributed by atoms with Crippen molar-refractivity contribution in [3.63, 3.8) is 0 Å². The van der Waals surface area contributed by atoms with E-state index in [9.17, 15) is 18.0 Å². The number of halogens is 5. The fraction of sp³-hybridized carbons (Fsp3) is 0.267. The molecular formula is C15H12Cl2F3N3O2S. The van der Waals surface area contributed by atoms with Crippen molar-refractivity contribution >= 4 is 47.1 Å². The van der Waals surface area contributed by atoms with E-state index >= 15 is 0 Å². The van der Waals surface area contributed by atoms with Crippen LogP contribution in [0, 0.1) is 0 Å². The molecule has 26 heavy (non-hydrogen) atoms. The topological polar surface area (TPSA) is 56.5 Å². The number of benzene rings is 1. The Morgan fingerprint density at radius 3 is 2.62 bits per heavy atom. The standard InChI is InChI=1S/C15H12Cl2F3N3O2S/c1-23-14(26-8-9-2-4-10(17)5-3-9)11(7-21-25-12(24)6-16)13(22-23)15(18,19)20/h2-5,7H,6,8H2,1H3/b21-7+. The molecule has 140 valence electrons. The molecule has 0 amide bonds. The van der Waals surface area contributed by atoms with Crippen LogP contribution in [0.3, 0.4) is 0 Å². The van der Waals surface area contributed by atoms with Crippen LogP contribution in [-0.4, -0.2) is 27.8 Å². The van der Waals surface area contributed by atoms with Gasteiger partial charge in [0.2, 0.25) is 0 Å². The van der Waals surface area contributed by atoms with Crippen LogP contribution in [0.5, 0.6) is 0 Å². The molecule has 0 aliphatic rings. The van der Waals surface area contributed by atoms with Crippen molar-refractivity contribution < 1.29 is 22.8 Å². The average molecular weight is 426 g/mol. The van der Waals surface area contributed by atoms with E-state index in [4.69, 9.17) is 23.2 Å². The van der Waals surface area contributed by atoms with E-state index in [-0.39, 0.29) is 10.6 Å². The highest BCUT2D eigenvalue weighted by Crippen LogP contribution is 2.36. The first kappa shape index (κ1) is 20.6. The third-order valence-corrected chi connectivity index (χ3v) is 4.74. The summed E-state index contributed by atoms with van der Waals surface area (Å²) in [7, 11) is 1.39. The minimum Gasteiger partial charge on any atom is -0.317 e. The molecular weight excluding hydrogens is 414 g/mol. The van der Waals surface area contributed by atoms with Crippen LogP contribution >= 0.6 is 35.0 Å². The monoisotopic (exact) mass is 425 g/mol. The van der Waals surface area contributed by atoms with E-state index in [0.717, 1.165) is 28.2 Å². The third-order valence-electron chi connectivity index (χ3n) is 3.03. The molecule has 1 heterocycles. The molecule has 2 rings (SSSR count). The first-order valence-electron chi connectivity index (χ1n) is 7.03. The average Bonchev–Trinajstić information content (AvgIpc) is 2.90. The summed E-state index contributed by atoms with van der Waals surface area (Å²) in [6.07, 6.45) is -3.88. The highest BCUT2D eigenvalue weighted by Gasteiger charge is 2.38. The summed E-state index contributed by atoms with van der Waals surface area (Å²) in [4.78, 5) is 15.4. The number of aryl methyl sites for hydroxylation is 1. The largest absolute Gasteiger partial charge is 0.435 e. The molecule has 0 bridgehead atoms. The first-order chi connectivity index (χ1) is 12.2. The van der Waals surface area contributed by atoms with Gasteiger partial charge in [-0.2, -0.15) is 18.3 Å². The molecule has 11 heteroatoms. The zero-order valence-electron chi connectivity index (χ0n) is 13.3. The Morgan fingerprint density at radius 1 is 1.38 bits per heavy atom. The molecule has 0 unspecified atom stereocenters. The Balaban J connectivity index is 2.29. The van der Waals surface area contributed by atoms with Crippen LogP contribution in [0.2, 0.25) is 5.02 Å². The van der Waals surface area contributed by atoms with Gasteiger partial charge < -0.3 is 4.84 Å². The Bertz CT molecular complexity index is 808. The number of oxime groups is 1. The van der Waals surface area contributed by atoms with E-state index in [1.165, 1.54) is 7.05 Å². The number of alkyl halides is 4. The fourth-order valence-electron chi connectivity index (χ4n) is 1.92. The maximum absolute atomic E-state index is 13.2. The molecule has 5 nitrogen and oxygen atoms in total. The first-order valence-corrected chi connectivity index (χ1v) is 8.92. The summed E-state index contributed by atoms with van der Waals surface area (Å²) in [5, 5.41) is 7.59. The fourth-order valence-corrected chi connectivity index (χ4v) is 3.12. The highest BCUT2D eigenvalue weighted by atomic mass is 35.5. The molecule has 2 aromatic rings. The molecule has 0 N–H and O–H groups in total. The van der Waals surface area contributed by atoms with Gasteiger partial charge in [0.25, 0.3) is 0 Å². The lowest BCUT2D eigenvalue weighted by Crippen LogP contribution is -2.09. The van der Waals surface area contributed by atoms with Crippen LogP contribution in [0.25, 0.3) is 0 Å². The van der Waals surface area contributed by atoms with Gasteiger partial charge in [-0.25, -0.2) is 4.79 Å². The van der Waals surface area contributed by atoms with Gasteiger partial charge in [-0.3, -0.25) is 4.68 Å². The van der Waals surface area contributed by atoms with Gasteiger partial charge in [-0.15, -0.1) is 23.4 Å². The number of carbonyl (C=O) groups is 1. The van der Waals surface area contributed by atoms with Crippen LogP contribution in [0.1, 0.15) is 16.8 Å². The van der Waals surface area contributed by atoms with Gasteiger partial charge in [0.1, 0.15) is 10.9 Å². The Kier molecular flexibility index (Phi) is 6.96. The van der Waals surface area contributed by atoms with Gasteiger partial charge in [0.15, 0.2) is 5.69 Å². The summed E-state index contributed by atoms with van der Waals surface area (Å²) < 4.78 is 40.7. The molecule has 0 aliphatic carbocycles. The maximum atomic E-state index is 13.2. The van der Waals surface area contributed by atoms with Crippen molar-refractivity contribution in [2.75, 3.05) is 5.88 Å². The molecule has 0 atom stereocenters. The van der Waals surface area contributed by atoms with E-state index < -0.39 is 23.7 Å². The number of hydrogen-bond acceptors (Lipinski definition) is 5. The minimum atomic E-state index is -4.69. The summed E-state index contributed by atoms with van der Waals surface area (Å²) in [6.45, 7) is 0. The Hall–Kier alpha value is -1.71. The van der Waals surface area contributed by atoms with E-state index in [1.54, 1.807) is 24.3 Å². The summed E-state index contributed by atoms with van der Waals surface area (Å²) in [5.41, 5.74) is -0.545. The maximum Gasteiger partial charge on any atom is 0.435 e. The number of rotatable bonds is 6. The van der Waals surface area contributed by atoms with Gasteiger partial charge >= 0.3 is 12.1 Å². The molecule has 0 saturated heterocycles. The number of carbonyl (C=O) groups excluding carboxylic acids is 1. The number of aromatic nitrogens is 2. The zero-order valence-corrected chi connectivity index (χ0v) is 15.6. The molecule has 0 radical (unpaired) electrons. The normalized spacial score (nSPS) is 11.9. The lowest BCUT2D eigenvalue weighted by Gasteiger charge is -2.05. The highest BCUT2D eigenvalue weighted by molar-refractivity contribution is 7.98. The molecule has 1 aromatic heterocycles. The lowest BCUT2D eigenvalue weighted by molar-refractivity contribution is -0.141.